The Morgan fingerprint density at radius 2 is 2.05 bits per heavy atom. The predicted molar refractivity (Wildman–Crippen MR) is 135 cm³/mol. The molecule has 14 heteroatoms. The number of anilines is 2. The number of ether oxygens (including phenoxy) is 1. The standard InChI is InChI=1S/C23H20ClF2N7O3S/c24-21-18(32-37(34,35)16-3-1-2-15(11-16)36-23(25)26)10-14(12-29-21)17-4-5-19-30-22(27)20(33(19)31-17)13-6-8-28-9-7-13/h1-6,10-12,23,28,32H,7-9,27H2. The van der Waals surface area contributed by atoms with Crippen molar-refractivity contribution < 1.29 is 21.9 Å². The number of nitrogens with zero attached hydrogens (tertiary/aromatic N) is 4. The van der Waals surface area contributed by atoms with Gasteiger partial charge in [0.05, 0.1) is 16.3 Å². The molecule has 0 radical (unpaired) electrons. The molecule has 0 saturated heterocycles. The molecule has 37 heavy (non-hydrogen) atoms. The van der Waals surface area contributed by atoms with Gasteiger partial charge in [-0.2, -0.15) is 13.9 Å². The molecule has 0 bridgehead atoms. The molecule has 4 aromatic rings. The summed E-state index contributed by atoms with van der Waals surface area (Å²) in [6.45, 7) is -1.58. The van der Waals surface area contributed by atoms with Crippen LogP contribution in [-0.4, -0.2) is 47.7 Å². The molecule has 1 aromatic carbocycles. The molecule has 0 fully saturated rings. The van der Waals surface area contributed by atoms with E-state index >= 15 is 0 Å². The van der Waals surface area contributed by atoms with Gasteiger partial charge in [0.2, 0.25) is 0 Å². The number of alkyl halides is 2. The first-order valence-corrected chi connectivity index (χ1v) is 12.9. The van der Waals surface area contributed by atoms with E-state index in [0.717, 1.165) is 24.6 Å². The number of nitrogens with one attached hydrogen (secondary N) is 2. The van der Waals surface area contributed by atoms with E-state index in [-0.39, 0.29) is 21.5 Å². The second-order valence-corrected chi connectivity index (χ2v) is 10.1. The molecule has 10 nitrogen and oxygen atoms in total. The van der Waals surface area contributed by atoms with Gasteiger partial charge in [0.15, 0.2) is 16.6 Å². The predicted octanol–water partition coefficient (Wildman–Crippen LogP) is 3.81. The van der Waals surface area contributed by atoms with E-state index in [4.69, 9.17) is 17.3 Å². The Balaban J connectivity index is 1.49. The van der Waals surface area contributed by atoms with E-state index in [1.807, 2.05) is 6.08 Å². The molecule has 3 aromatic heterocycles. The first-order chi connectivity index (χ1) is 17.7. The van der Waals surface area contributed by atoms with Crippen LogP contribution in [0.15, 0.2) is 59.6 Å². The van der Waals surface area contributed by atoms with Crippen LogP contribution in [-0.2, 0) is 10.0 Å². The molecule has 1 aliphatic heterocycles. The van der Waals surface area contributed by atoms with Crippen molar-refractivity contribution in [1.82, 2.24) is 24.9 Å². The molecule has 0 amide bonds. The van der Waals surface area contributed by atoms with Crippen LogP contribution in [0, 0.1) is 0 Å². The SMILES string of the molecule is Nc1nc2ccc(-c3cnc(Cl)c(NS(=O)(=O)c4cccc(OC(F)F)c4)c3)nn2c1C1=CCNCC1. The number of nitrogen functional groups attached to an aromatic ring is 1. The Bertz CT molecular complexity index is 1630. The fourth-order valence-electron chi connectivity index (χ4n) is 3.92. The minimum Gasteiger partial charge on any atom is -0.435 e. The zero-order valence-electron chi connectivity index (χ0n) is 19.0. The monoisotopic (exact) mass is 547 g/mol. The lowest BCUT2D eigenvalue weighted by molar-refractivity contribution is -0.0499. The molecular formula is C23H20ClF2N7O3S. The average molecular weight is 548 g/mol. The highest BCUT2D eigenvalue weighted by Gasteiger charge is 2.20. The third-order valence-corrected chi connectivity index (χ3v) is 7.26. The summed E-state index contributed by atoms with van der Waals surface area (Å²) >= 11 is 6.18. The van der Waals surface area contributed by atoms with Crippen molar-refractivity contribution in [1.29, 1.82) is 0 Å². The number of benzene rings is 1. The maximum absolute atomic E-state index is 12.9. The topological polar surface area (TPSA) is 137 Å². The molecule has 4 N–H and O–H groups in total. The minimum absolute atomic E-state index is 0.0207. The van der Waals surface area contributed by atoms with Crippen LogP contribution in [0.3, 0.4) is 0 Å². The van der Waals surface area contributed by atoms with Crippen molar-refractivity contribution >= 4 is 44.3 Å². The summed E-state index contributed by atoms with van der Waals surface area (Å²) in [7, 11) is -4.21. The maximum Gasteiger partial charge on any atom is 0.387 e. The van der Waals surface area contributed by atoms with Crippen molar-refractivity contribution in [2.75, 3.05) is 23.5 Å². The van der Waals surface area contributed by atoms with Crippen LogP contribution in [0.4, 0.5) is 20.3 Å². The van der Waals surface area contributed by atoms with E-state index in [1.54, 1.807) is 16.6 Å². The van der Waals surface area contributed by atoms with Crippen molar-refractivity contribution in [3.8, 4) is 17.0 Å². The lowest BCUT2D eigenvalue weighted by Gasteiger charge is -2.14. The second-order valence-electron chi connectivity index (χ2n) is 8.04. The van der Waals surface area contributed by atoms with Crippen molar-refractivity contribution in [3.63, 3.8) is 0 Å². The number of fused-ring (bicyclic) bond motifs is 1. The summed E-state index contributed by atoms with van der Waals surface area (Å²) in [5.74, 6) is 0.0613. The van der Waals surface area contributed by atoms with Gasteiger partial charge in [0, 0.05) is 24.4 Å². The highest BCUT2D eigenvalue weighted by molar-refractivity contribution is 7.92. The first kappa shape index (κ1) is 24.9. The number of hydrogen-bond donors (Lipinski definition) is 3. The maximum atomic E-state index is 12.9. The van der Waals surface area contributed by atoms with E-state index in [0.29, 0.717) is 35.0 Å². The van der Waals surface area contributed by atoms with Crippen molar-refractivity contribution in [2.24, 2.45) is 0 Å². The molecule has 0 saturated carbocycles. The summed E-state index contributed by atoms with van der Waals surface area (Å²) in [4.78, 5) is 8.20. The van der Waals surface area contributed by atoms with Crippen LogP contribution >= 0.6 is 11.6 Å². The molecule has 4 heterocycles. The second kappa shape index (κ2) is 9.92. The number of pyridine rings is 1. The Labute approximate surface area is 215 Å². The van der Waals surface area contributed by atoms with Gasteiger partial charge in [0.1, 0.15) is 11.4 Å². The van der Waals surface area contributed by atoms with Gasteiger partial charge in [0.25, 0.3) is 10.0 Å². The number of hydrogen-bond acceptors (Lipinski definition) is 8. The molecule has 0 spiro atoms. The lowest BCUT2D eigenvalue weighted by atomic mass is 10.1. The molecule has 0 atom stereocenters. The highest BCUT2D eigenvalue weighted by atomic mass is 35.5. The highest BCUT2D eigenvalue weighted by Crippen LogP contribution is 2.31. The third-order valence-electron chi connectivity index (χ3n) is 5.59. The number of imidazole rings is 1. The van der Waals surface area contributed by atoms with Gasteiger partial charge in [-0.05, 0) is 48.9 Å². The summed E-state index contributed by atoms with van der Waals surface area (Å²) in [5, 5.41) is 7.81. The molecular weight excluding hydrogens is 528 g/mol. The molecule has 192 valence electrons. The van der Waals surface area contributed by atoms with Gasteiger partial charge in [-0.3, -0.25) is 4.72 Å². The van der Waals surface area contributed by atoms with Gasteiger partial charge in [-0.1, -0.05) is 23.7 Å². The number of rotatable bonds is 7. The van der Waals surface area contributed by atoms with E-state index < -0.39 is 16.6 Å². The number of sulfonamides is 1. The Morgan fingerprint density at radius 1 is 1.22 bits per heavy atom. The fraction of sp³-hybridized carbons (Fsp3) is 0.174. The van der Waals surface area contributed by atoms with Crippen LogP contribution < -0.4 is 20.5 Å². The average Bonchev–Trinajstić information content (AvgIpc) is 3.20. The molecule has 0 unspecified atom stereocenters. The minimum atomic E-state index is -4.21. The van der Waals surface area contributed by atoms with Gasteiger partial charge in [-0.25, -0.2) is 22.9 Å². The lowest BCUT2D eigenvalue weighted by Crippen LogP contribution is -2.21. The summed E-state index contributed by atoms with van der Waals surface area (Å²) in [6.07, 6.45) is 4.26. The Kier molecular flexibility index (Phi) is 6.67. The Morgan fingerprint density at radius 3 is 2.81 bits per heavy atom. The number of halogens is 3. The third kappa shape index (κ3) is 5.19. The van der Waals surface area contributed by atoms with Crippen LogP contribution in [0.1, 0.15) is 12.1 Å². The van der Waals surface area contributed by atoms with E-state index in [2.05, 4.69) is 29.8 Å². The quantitative estimate of drug-likeness (QED) is 0.297. The summed E-state index contributed by atoms with van der Waals surface area (Å²) in [5.41, 5.74) is 9.39. The number of aromatic nitrogens is 4. The normalized spacial score (nSPS) is 14.1. The smallest absolute Gasteiger partial charge is 0.387 e. The van der Waals surface area contributed by atoms with Gasteiger partial charge < -0.3 is 15.8 Å². The van der Waals surface area contributed by atoms with Crippen LogP contribution in [0.2, 0.25) is 5.15 Å². The molecule has 0 aliphatic carbocycles. The van der Waals surface area contributed by atoms with Gasteiger partial charge >= 0.3 is 6.61 Å². The van der Waals surface area contributed by atoms with Gasteiger partial charge in [-0.15, -0.1) is 0 Å². The van der Waals surface area contributed by atoms with Crippen molar-refractivity contribution in [3.05, 3.63) is 65.6 Å². The largest absolute Gasteiger partial charge is 0.435 e. The van der Waals surface area contributed by atoms with Crippen LogP contribution in [0.5, 0.6) is 5.75 Å². The zero-order valence-corrected chi connectivity index (χ0v) is 20.6. The number of nitrogens with two attached hydrogens (primary N) is 1. The van der Waals surface area contributed by atoms with Crippen molar-refractivity contribution in [2.45, 2.75) is 17.9 Å². The Hall–Kier alpha value is -3.81. The summed E-state index contributed by atoms with van der Waals surface area (Å²) < 4.78 is 59.3. The summed E-state index contributed by atoms with van der Waals surface area (Å²) in [6, 6.07) is 9.66. The molecule has 5 rings (SSSR count). The van der Waals surface area contributed by atoms with E-state index in [1.165, 1.54) is 30.5 Å². The van der Waals surface area contributed by atoms with E-state index in [9.17, 15) is 17.2 Å². The van der Waals surface area contributed by atoms with Crippen LogP contribution in [0.25, 0.3) is 22.5 Å². The first-order valence-electron chi connectivity index (χ1n) is 11.0. The molecule has 1 aliphatic rings. The zero-order chi connectivity index (χ0) is 26.2. The fourth-order valence-corrected chi connectivity index (χ4v) is 5.22.